The first-order valence-corrected chi connectivity index (χ1v) is 12.3. The number of piperazine rings is 1. The Bertz CT molecular complexity index is 1260. The maximum absolute atomic E-state index is 12.6. The van der Waals surface area contributed by atoms with Gasteiger partial charge in [0, 0.05) is 37.1 Å². The molecule has 3 aromatic carbocycles. The van der Waals surface area contributed by atoms with Crippen molar-refractivity contribution in [3.63, 3.8) is 0 Å². The second-order valence-electron chi connectivity index (χ2n) is 8.28. The molecular weight excluding hydrogens is 438 g/mol. The quantitative estimate of drug-likeness (QED) is 0.567. The summed E-state index contributed by atoms with van der Waals surface area (Å²) in [6, 6.07) is 21.2. The molecule has 0 aromatic heterocycles. The molecule has 1 aliphatic heterocycles. The average molecular weight is 466 g/mol. The molecule has 1 atom stereocenters. The minimum absolute atomic E-state index is 0.0690. The summed E-state index contributed by atoms with van der Waals surface area (Å²) in [5, 5.41) is 9.85. The van der Waals surface area contributed by atoms with E-state index in [9.17, 15) is 18.3 Å². The van der Waals surface area contributed by atoms with Gasteiger partial charge in [-0.25, -0.2) is 13.2 Å². The predicted octanol–water partition coefficient (Wildman–Crippen LogP) is 4.21. The average Bonchev–Trinajstić information content (AvgIpc) is 2.79. The standard InChI is InChI=1S/C25H27N3O4S/c1-18-7-6-8-21(15-18)28-14-13-27(17-19(28)2)24-12-11-20(16-23(24)25(29)30)26-33(31,32)22-9-4-3-5-10-22/h3-12,15-16,19,26H,13-14,17H2,1-2H3,(H,29,30)/t19-/m1/s1. The van der Waals surface area contributed by atoms with Crippen LogP contribution < -0.4 is 14.5 Å². The molecule has 3 aromatic rings. The maximum Gasteiger partial charge on any atom is 0.337 e. The molecule has 0 saturated carbocycles. The Hall–Kier alpha value is -3.52. The summed E-state index contributed by atoms with van der Waals surface area (Å²) in [6.07, 6.45) is 0. The summed E-state index contributed by atoms with van der Waals surface area (Å²) in [7, 11) is -3.81. The van der Waals surface area contributed by atoms with Crippen molar-refractivity contribution in [3.05, 3.63) is 83.9 Å². The highest BCUT2D eigenvalue weighted by molar-refractivity contribution is 7.92. The number of carbonyl (C=O) groups is 1. The van der Waals surface area contributed by atoms with Gasteiger partial charge in [-0.3, -0.25) is 4.72 Å². The van der Waals surface area contributed by atoms with Crippen LogP contribution in [-0.2, 0) is 10.0 Å². The fraction of sp³-hybridized carbons (Fsp3) is 0.240. The second-order valence-corrected chi connectivity index (χ2v) is 9.97. The number of sulfonamides is 1. The zero-order valence-corrected chi connectivity index (χ0v) is 19.4. The Balaban J connectivity index is 1.56. The molecule has 0 radical (unpaired) electrons. The second kappa shape index (κ2) is 9.15. The van der Waals surface area contributed by atoms with E-state index in [1.807, 2.05) is 6.07 Å². The number of aryl methyl sites for hydroxylation is 1. The summed E-state index contributed by atoms with van der Waals surface area (Å²) in [5.74, 6) is -1.10. The fourth-order valence-corrected chi connectivity index (χ4v) is 5.30. The Kier molecular flexibility index (Phi) is 6.29. The van der Waals surface area contributed by atoms with Gasteiger partial charge in [0.05, 0.1) is 16.1 Å². The van der Waals surface area contributed by atoms with E-state index in [2.05, 4.69) is 46.6 Å². The van der Waals surface area contributed by atoms with Crippen LogP contribution in [0.25, 0.3) is 0 Å². The molecule has 1 fully saturated rings. The van der Waals surface area contributed by atoms with Gasteiger partial charge in [-0.15, -0.1) is 0 Å². The molecule has 4 rings (SSSR count). The van der Waals surface area contributed by atoms with Crippen LogP contribution in [0.5, 0.6) is 0 Å². The van der Waals surface area contributed by atoms with Crippen LogP contribution in [0.1, 0.15) is 22.8 Å². The normalized spacial score (nSPS) is 16.5. The topological polar surface area (TPSA) is 90.0 Å². The van der Waals surface area contributed by atoms with Crippen LogP contribution >= 0.6 is 0 Å². The van der Waals surface area contributed by atoms with E-state index in [-0.39, 0.29) is 22.2 Å². The van der Waals surface area contributed by atoms with Gasteiger partial charge in [0.1, 0.15) is 0 Å². The Morgan fingerprint density at radius 1 is 1.00 bits per heavy atom. The number of nitrogens with zero attached hydrogens (tertiary/aromatic N) is 2. The smallest absolute Gasteiger partial charge is 0.337 e. The van der Waals surface area contributed by atoms with Crippen LogP contribution in [0.15, 0.2) is 77.7 Å². The van der Waals surface area contributed by atoms with Crippen LogP contribution in [0.3, 0.4) is 0 Å². The highest BCUT2D eigenvalue weighted by Gasteiger charge is 2.27. The number of carboxylic acid groups (broad SMARTS) is 1. The highest BCUT2D eigenvalue weighted by atomic mass is 32.2. The molecule has 0 aliphatic carbocycles. The van der Waals surface area contributed by atoms with Gasteiger partial charge in [0.2, 0.25) is 0 Å². The van der Waals surface area contributed by atoms with Crippen LogP contribution in [0.4, 0.5) is 17.1 Å². The van der Waals surface area contributed by atoms with Crippen molar-refractivity contribution in [2.24, 2.45) is 0 Å². The largest absolute Gasteiger partial charge is 0.478 e. The van der Waals surface area contributed by atoms with Crippen molar-refractivity contribution in [1.82, 2.24) is 0 Å². The molecule has 1 heterocycles. The molecule has 1 saturated heterocycles. The first-order valence-electron chi connectivity index (χ1n) is 10.8. The number of nitrogens with one attached hydrogen (secondary N) is 1. The van der Waals surface area contributed by atoms with Crippen molar-refractivity contribution in [2.45, 2.75) is 24.8 Å². The van der Waals surface area contributed by atoms with Crippen LogP contribution in [0, 0.1) is 6.92 Å². The molecule has 7 nitrogen and oxygen atoms in total. The van der Waals surface area contributed by atoms with Gasteiger partial charge < -0.3 is 14.9 Å². The molecular formula is C25H27N3O4S. The summed E-state index contributed by atoms with van der Waals surface area (Å²) >= 11 is 0. The first-order chi connectivity index (χ1) is 15.7. The molecule has 8 heteroatoms. The van der Waals surface area contributed by atoms with Crippen molar-refractivity contribution in [3.8, 4) is 0 Å². The van der Waals surface area contributed by atoms with Crippen molar-refractivity contribution in [1.29, 1.82) is 0 Å². The van der Waals surface area contributed by atoms with Gasteiger partial charge in [-0.05, 0) is 61.9 Å². The number of carboxylic acids is 1. The van der Waals surface area contributed by atoms with Crippen LogP contribution in [-0.4, -0.2) is 45.2 Å². The predicted molar refractivity (Wildman–Crippen MR) is 131 cm³/mol. The number of hydrogen-bond donors (Lipinski definition) is 2. The number of rotatable bonds is 6. The summed E-state index contributed by atoms with van der Waals surface area (Å²) in [5.41, 5.74) is 3.22. The third-order valence-electron chi connectivity index (χ3n) is 5.83. The maximum atomic E-state index is 12.6. The summed E-state index contributed by atoms with van der Waals surface area (Å²) in [6.45, 7) is 6.26. The number of benzene rings is 3. The molecule has 0 spiro atoms. The van der Waals surface area contributed by atoms with Gasteiger partial charge in [0.15, 0.2) is 0 Å². The van der Waals surface area contributed by atoms with E-state index in [1.54, 1.807) is 30.3 Å². The van der Waals surface area contributed by atoms with Crippen molar-refractivity contribution < 1.29 is 18.3 Å². The van der Waals surface area contributed by atoms with Crippen LogP contribution in [0.2, 0.25) is 0 Å². The first kappa shape index (κ1) is 22.7. The van der Waals surface area contributed by atoms with Crippen molar-refractivity contribution >= 4 is 33.1 Å². The van der Waals surface area contributed by atoms with Crippen molar-refractivity contribution in [2.75, 3.05) is 34.2 Å². The SMILES string of the molecule is Cc1cccc(N2CCN(c3ccc(NS(=O)(=O)c4ccccc4)cc3C(=O)O)C[C@H]2C)c1. The Morgan fingerprint density at radius 3 is 2.42 bits per heavy atom. The van der Waals surface area contributed by atoms with Gasteiger partial charge in [-0.1, -0.05) is 30.3 Å². The lowest BCUT2D eigenvalue weighted by atomic mass is 10.1. The van der Waals surface area contributed by atoms with E-state index in [0.29, 0.717) is 18.8 Å². The lowest BCUT2D eigenvalue weighted by Gasteiger charge is -2.42. The molecule has 0 amide bonds. The summed E-state index contributed by atoms with van der Waals surface area (Å²) < 4.78 is 27.7. The lowest BCUT2D eigenvalue weighted by Crippen LogP contribution is -2.52. The van der Waals surface area contributed by atoms with E-state index in [4.69, 9.17) is 0 Å². The lowest BCUT2D eigenvalue weighted by molar-refractivity contribution is 0.0697. The zero-order chi connectivity index (χ0) is 23.6. The Labute approximate surface area is 194 Å². The van der Waals surface area contributed by atoms with E-state index in [1.165, 1.54) is 23.8 Å². The molecule has 172 valence electrons. The number of anilines is 3. The van der Waals surface area contributed by atoms with Gasteiger partial charge in [0.25, 0.3) is 10.0 Å². The summed E-state index contributed by atoms with van der Waals surface area (Å²) in [4.78, 5) is 16.5. The molecule has 0 unspecified atom stereocenters. The highest BCUT2D eigenvalue weighted by Crippen LogP contribution is 2.30. The molecule has 0 bridgehead atoms. The van der Waals surface area contributed by atoms with Gasteiger partial charge >= 0.3 is 5.97 Å². The number of aromatic carboxylic acids is 1. The minimum atomic E-state index is -3.81. The molecule has 1 aliphatic rings. The molecule has 33 heavy (non-hydrogen) atoms. The molecule has 2 N–H and O–H groups in total. The third-order valence-corrected chi connectivity index (χ3v) is 7.23. The zero-order valence-electron chi connectivity index (χ0n) is 18.6. The van der Waals surface area contributed by atoms with E-state index < -0.39 is 16.0 Å². The fourth-order valence-electron chi connectivity index (χ4n) is 4.23. The third kappa shape index (κ3) is 4.96. The van der Waals surface area contributed by atoms with E-state index >= 15 is 0 Å². The van der Waals surface area contributed by atoms with Gasteiger partial charge in [-0.2, -0.15) is 0 Å². The van der Waals surface area contributed by atoms with E-state index in [0.717, 1.165) is 12.2 Å². The Morgan fingerprint density at radius 2 is 1.76 bits per heavy atom. The number of hydrogen-bond acceptors (Lipinski definition) is 5. The monoisotopic (exact) mass is 465 g/mol. The minimum Gasteiger partial charge on any atom is -0.478 e.